The summed E-state index contributed by atoms with van der Waals surface area (Å²) in [6.45, 7) is 1.62. The third kappa shape index (κ3) is 4.20. The lowest BCUT2D eigenvalue weighted by atomic mass is 9.90. The summed E-state index contributed by atoms with van der Waals surface area (Å²) in [4.78, 5) is 6.80. The first kappa shape index (κ1) is 20.5. The van der Waals surface area contributed by atoms with E-state index >= 15 is 0 Å². The number of nitrogens with one attached hydrogen (secondary N) is 1. The monoisotopic (exact) mass is 455 g/mol. The minimum Gasteiger partial charge on any atom is -0.493 e. The summed E-state index contributed by atoms with van der Waals surface area (Å²) in [7, 11) is -3.71. The highest BCUT2D eigenvalue weighted by atomic mass is 32.2. The molecule has 0 saturated carbocycles. The zero-order chi connectivity index (χ0) is 21.3. The van der Waals surface area contributed by atoms with E-state index in [1.54, 1.807) is 23.7 Å². The normalized spacial score (nSPS) is 21.8. The van der Waals surface area contributed by atoms with Crippen LogP contribution in [0.15, 0.2) is 65.0 Å². The van der Waals surface area contributed by atoms with Crippen molar-refractivity contribution in [3.05, 3.63) is 71.2 Å². The third-order valence-electron chi connectivity index (χ3n) is 6.09. The lowest BCUT2D eigenvalue weighted by Crippen LogP contribution is -2.38. The molecule has 2 atom stereocenters. The van der Waals surface area contributed by atoms with E-state index < -0.39 is 10.0 Å². The quantitative estimate of drug-likeness (QED) is 0.587. The number of rotatable bonds is 5. The standard InChI is InChI=1S/C23H25N3O3S2/c27-31(28,25-23-24-12-15-30-23)18-9-10-19-21(11-14-29-22(19)16-18)26-13-5-4-8-20(26)17-6-2-1-3-7-17/h1-3,6-7,9-10,12,15-16,20-21H,4-5,8,11,13-14H2,(H,24,25)/t20-,21-/m0/s1. The second-order valence-corrected chi connectivity index (χ2v) is 10.5. The molecular weight excluding hydrogens is 430 g/mol. The highest BCUT2D eigenvalue weighted by molar-refractivity contribution is 7.93. The number of ether oxygens (including phenoxy) is 1. The predicted molar refractivity (Wildman–Crippen MR) is 122 cm³/mol. The van der Waals surface area contributed by atoms with Crippen LogP contribution in [-0.4, -0.2) is 31.5 Å². The van der Waals surface area contributed by atoms with Gasteiger partial charge in [0.2, 0.25) is 0 Å². The summed E-state index contributed by atoms with van der Waals surface area (Å²) in [5.74, 6) is 0.663. The van der Waals surface area contributed by atoms with Crippen LogP contribution in [0.4, 0.5) is 5.13 Å². The number of hydrogen-bond donors (Lipinski definition) is 1. The Morgan fingerprint density at radius 2 is 1.94 bits per heavy atom. The second kappa shape index (κ2) is 8.61. The number of thiazole rings is 1. The Kier molecular flexibility index (Phi) is 5.69. The molecule has 8 heteroatoms. The molecule has 3 aromatic rings. The van der Waals surface area contributed by atoms with E-state index in [2.05, 4.69) is 44.9 Å². The average Bonchev–Trinajstić information content (AvgIpc) is 3.31. The van der Waals surface area contributed by atoms with Gasteiger partial charge in [0.15, 0.2) is 5.13 Å². The van der Waals surface area contributed by atoms with Crippen molar-refractivity contribution in [2.24, 2.45) is 0 Å². The Morgan fingerprint density at radius 1 is 1.06 bits per heavy atom. The second-order valence-electron chi connectivity index (χ2n) is 7.96. The molecule has 2 aliphatic heterocycles. The first-order chi connectivity index (χ1) is 15.1. The van der Waals surface area contributed by atoms with Gasteiger partial charge in [0, 0.05) is 41.7 Å². The maximum Gasteiger partial charge on any atom is 0.263 e. The van der Waals surface area contributed by atoms with E-state index in [1.807, 2.05) is 6.07 Å². The molecule has 1 saturated heterocycles. The van der Waals surface area contributed by atoms with Crippen LogP contribution in [0, 0.1) is 0 Å². The third-order valence-corrected chi connectivity index (χ3v) is 8.24. The minimum absolute atomic E-state index is 0.195. The maximum atomic E-state index is 12.8. The van der Waals surface area contributed by atoms with E-state index in [0.29, 0.717) is 23.5 Å². The number of fused-ring (bicyclic) bond motifs is 1. The van der Waals surface area contributed by atoms with Crippen molar-refractivity contribution in [2.45, 2.75) is 42.7 Å². The van der Waals surface area contributed by atoms with Gasteiger partial charge in [-0.05, 0) is 31.0 Å². The Morgan fingerprint density at radius 3 is 2.74 bits per heavy atom. The first-order valence-electron chi connectivity index (χ1n) is 10.6. The van der Waals surface area contributed by atoms with Gasteiger partial charge in [-0.1, -0.05) is 42.8 Å². The molecule has 1 fully saturated rings. The Labute approximate surface area is 186 Å². The van der Waals surface area contributed by atoms with Crippen LogP contribution in [0.1, 0.15) is 48.9 Å². The summed E-state index contributed by atoms with van der Waals surface area (Å²) in [6, 6.07) is 16.5. The van der Waals surface area contributed by atoms with Gasteiger partial charge in [-0.3, -0.25) is 9.62 Å². The number of piperidine rings is 1. The molecule has 0 aliphatic carbocycles. The molecule has 2 aromatic carbocycles. The summed E-state index contributed by atoms with van der Waals surface area (Å²) in [5.41, 5.74) is 2.42. The Balaban J connectivity index is 1.45. The van der Waals surface area contributed by atoms with Crippen molar-refractivity contribution in [3.8, 4) is 5.75 Å². The van der Waals surface area contributed by atoms with E-state index in [-0.39, 0.29) is 10.9 Å². The van der Waals surface area contributed by atoms with Crippen LogP contribution in [0.2, 0.25) is 0 Å². The molecule has 0 spiro atoms. The van der Waals surface area contributed by atoms with Gasteiger partial charge >= 0.3 is 0 Å². The molecule has 3 heterocycles. The average molecular weight is 456 g/mol. The Hall–Kier alpha value is -2.42. The number of anilines is 1. The van der Waals surface area contributed by atoms with Gasteiger partial charge in [0.05, 0.1) is 11.5 Å². The highest BCUT2D eigenvalue weighted by Gasteiger charge is 2.34. The zero-order valence-electron chi connectivity index (χ0n) is 17.1. The molecule has 31 heavy (non-hydrogen) atoms. The number of likely N-dealkylation sites (tertiary alicyclic amines) is 1. The molecule has 1 N–H and O–H groups in total. The maximum absolute atomic E-state index is 12.8. The minimum atomic E-state index is -3.71. The van der Waals surface area contributed by atoms with Crippen molar-refractivity contribution in [1.29, 1.82) is 0 Å². The van der Waals surface area contributed by atoms with Crippen LogP contribution < -0.4 is 9.46 Å². The van der Waals surface area contributed by atoms with Gasteiger partial charge in [0.1, 0.15) is 5.75 Å². The van der Waals surface area contributed by atoms with Gasteiger partial charge in [0.25, 0.3) is 10.0 Å². The number of aromatic nitrogens is 1. The van der Waals surface area contributed by atoms with Crippen LogP contribution in [0.5, 0.6) is 5.75 Å². The SMILES string of the molecule is O=S(=O)(Nc1nccs1)c1ccc2c(c1)OCC[C@@H]2N1CCCC[C@H]1c1ccccc1. The van der Waals surface area contributed by atoms with E-state index in [4.69, 9.17) is 4.74 Å². The lowest BCUT2D eigenvalue weighted by Gasteiger charge is -2.43. The largest absolute Gasteiger partial charge is 0.493 e. The fourth-order valence-corrected chi connectivity index (χ4v) is 6.47. The lowest BCUT2D eigenvalue weighted by molar-refractivity contribution is 0.0668. The molecule has 5 rings (SSSR count). The predicted octanol–water partition coefficient (Wildman–Crippen LogP) is 4.99. The van der Waals surface area contributed by atoms with Crippen LogP contribution in [0.3, 0.4) is 0 Å². The molecule has 0 bridgehead atoms. The fraction of sp³-hybridized carbons (Fsp3) is 0.348. The van der Waals surface area contributed by atoms with Gasteiger partial charge in [-0.2, -0.15) is 0 Å². The summed E-state index contributed by atoms with van der Waals surface area (Å²) >= 11 is 1.25. The van der Waals surface area contributed by atoms with Gasteiger partial charge < -0.3 is 4.74 Å². The number of benzene rings is 2. The smallest absolute Gasteiger partial charge is 0.263 e. The number of hydrogen-bond acceptors (Lipinski definition) is 6. The van der Waals surface area contributed by atoms with Crippen LogP contribution >= 0.6 is 11.3 Å². The number of sulfonamides is 1. The first-order valence-corrected chi connectivity index (χ1v) is 13.0. The Bertz CT molecular complexity index is 1130. The van der Waals surface area contributed by atoms with E-state index in [9.17, 15) is 8.42 Å². The van der Waals surface area contributed by atoms with Crippen molar-refractivity contribution in [1.82, 2.24) is 9.88 Å². The van der Waals surface area contributed by atoms with Crippen LogP contribution in [0.25, 0.3) is 0 Å². The molecule has 0 amide bonds. The molecule has 6 nitrogen and oxygen atoms in total. The van der Waals surface area contributed by atoms with Crippen molar-refractivity contribution >= 4 is 26.5 Å². The zero-order valence-corrected chi connectivity index (χ0v) is 18.7. The highest BCUT2D eigenvalue weighted by Crippen LogP contribution is 2.44. The fourth-order valence-electron chi connectivity index (χ4n) is 4.67. The van der Waals surface area contributed by atoms with Crippen LogP contribution in [-0.2, 0) is 10.0 Å². The summed E-state index contributed by atoms with van der Waals surface area (Å²) < 4.78 is 34.1. The molecule has 2 aliphatic rings. The molecule has 1 aromatic heterocycles. The topological polar surface area (TPSA) is 71.5 Å². The van der Waals surface area contributed by atoms with Crippen molar-refractivity contribution < 1.29 is 13.2 Å². The van der Waals surface area contributed by atoms with Crippen molar-refractivity contribution in [2.75, 3.05) is 17.9 Å². The van der Waals surface area contributed by atoms with E-state index in [0.717, 1.165) is 24.9 Å². The van der Waals surface area contributed by atoms with Gasteiger partial charge in [-0.15, -0.1) is 11.3 Å². The number of nitrogens with zero attached hydrogens (tertiary/aromatic N) is 2. The molecule has 162 valence electrons. The van der Waals surface area contributed by atoms with E-state index in [1.165, 1.54) is 29.7 Å². The molecule has 0 radical (unpaired) electrons. The summed E-state index contributed by atoms with van der Waals surface area (Å²) in [5, 5.41) is 2.09. The molecule has 0 unspecified atom stereocenters. The van der Waals surface area contributed by atoms with Crippen molar-refractivity contribution in [3.63, 3.8) is 0 Å². The summed E-state index contributed by atoms with van der Waals surface area (Å²) in [6.07, 6.45) is 6.03. The van der Waals surface area contributed by atoms with Gasteiger partial charge in [-0.25, -0.2) is 13.4 Å². The molecular formula is C23H25N3O3S2.